The van der Waals surface area contributed by atoms with Gasteiger partial charge in [-0.25, -0.2) is 0 Å². The van der Waals surface area contributed by atoms with E-state index in [4.69, 9.17) is 16.3 Å². The fourth-order valence-corrected chi connectivity index (χ4v) is 2.01. The smallest absolute Gasteiger partial charge is 0.0622 e. The van der Waals surface area contributed by atoms with E-state index < -0.39 is 0 Å². The van der Waals surface area contributed by atoms with Crippen molar-refractivity contribution in [3.05, 3.63) is 0 Å². The highest BCUT2D eigenvalue weighted by Crippen LogP contribution is 2.23. The molecule has 0 amide bonds. The van der Waals surface area contributed by atoms with Crippen molar-refractivity contribution < 1.29 is 4.74 Å². The zero-order valence-corrected chi connectivity index (χ0v) is 7.39. The van der Waals surface area contributed by atoms with Gasteiger partial charge >= 0.3 is 0 Å². The van der Waals surface area contributed by atoms with E-state index in [9.17, 15) is 0 Å². The van der Waals surface area contributed by atoms with Gasteiger partial charge in [0, 0.05) is 31.6 Å². The average Bonchev–Trinajstić information content (AvgIpc) is 2.37. The maximum Gasteiger partial charge on any atom is 0.0622 e. The minimum Gasteiger partial charge on any atom is -0.380 e. The molecule has 2 rings (SSSR count). The van der Waals surface area contributed by atoms with Gasteiger partial charge in [-0.05, 0) is 12.3 Å². The molecule has 2 nitrogen and oxygen atoms in total. The molecule has 2 aliphatic heterocycles. The number of rotatable bonds is 2. The first kappa shape index (κ1) is 7.84. The number of hydrogen-bond acceptors (Lipinski definition) is 2. The third-order valence-electron chi connectivity index (χ3n) is 2.63. The molecular weight excluding hydrogens is 162 g/mol. The van der Waals surface area contributed by atoms with Crippen molar-refractivity contribution in [2.45, 2.75) is 12.5 Å². The normalized spacial score (nSPS) is 34.1. The molecule has 0 aromatic heterocycles. The predicted octanol–water partition coefficient (Wildman–Crippen LogP) is 0.946. The number of halogens is 1. The Kier molecular flexibility index (Phi) is 2.35. The van der Waals surface area contributed by atoms with Gasteiger partial charge in [0.05, 0.1) is 6.61 Å². The van der Waals surface area contributed by atoms with Crippen LogP contribution in [0.3, 0.4) is 0 Å². The molecule has 0 aromatic carbocycles. The van der Waals surface area contributed by atoms with Gasteiger partial charge in [-0.15, -0.1) is 11.6 Å². The lowest BCUT2D eigenvalue weighted by Gasteiger charge is -2.41. The van der Waals surface area contributed by atoms with Crippen LogP contribution in [0.5, 0.6) is 0 Å². The molecule has 0 aliphatic carbocycles. The van der Waals surface area contributed by atoms with Gasteiger partial charge in [0.2, 0.25) is 0 Å². The first-order valence-electron chi connectivity index (χ1n) is 4.28. The third-order valence-corrected chi connectivity index (χ3v) is 3.06. The van der Waals surface area contributed by atoms with E-state index in [2.05, 4.69) is 4.90 Å². The van der Waals surface area contributed by atoms with Crippen LogP contribution in [0.1, 0.15) is 6.42 Å². The zero-order chi connectivity index (χ0) is 7.68. The van der Waals surface area contributed by atoms with Gasteiger partial charge in [-0.3, -0.25) is 4.90 Å². The molecule has 2 saturated heterocycles. The Morgan fingerprint density at radius 3 is 2.82 bits per heavy atom. The third kappa shape index (κ3) is 1.53. The van der Waals surface area contributed by atoms with Crippen molar-refractivity contribution in [3.63, 3.8) is 0 Å². The number of ether oxygens (including phenoxy) is 1. The van der Waals surface area contributed by atoms with E-state index in [1.165, 1.54) is 19.5 Å². The van der Waals surface area contributed by atoms with Gasteiger partial charge in [-0.1, -0.05) is 0 Å². The first-order chi connectivity index (χ1) is 5.40. The Labute approximate surface area is 72.5 Å². The van der Waals surface area contributed by atoms with Crippen molar-refractivity contribution in [2.24, 2.45) is 5.92 Å². The topological polar surface area (TPSA) is 12.5 Å². The fourth-order valence-electron chi connectivity index (χ4n) is 1.82. The molecule has 1 unspecified atom stereocenters. The molecule has 0 saturated carbocycles. The minimum absolute atomic E-state index is 0.703. The second-order valence-corrected chi connectivity index (χ2v) is 3.80. The molecule has 0 spiro atoms. The summed E-state index contributed by atoms with van der Waals surface area (Å²) in [6.45, 7) is 4.27. The molecule has 0 aromatic rings. The fraction of sp³-hybridized carbons (Fsp3) is 1.00. The summed E-state index contributed by atoms with van der Waals surface area (Å²) in [7, 11) is 0. The average molecular weight is 176 g/mol. The molecule has 11 heavy (non-hydrogen) atoms. The molecule has 2 aliphatic rings. The molecule has 0 radical (unpaired) electrons. The molecular formula is C8H14ClNO. The van der Waals surface area contributed by atoms with Gasteiger partial charge in [-0.2, -0.15) is 0 Å². The van der Waals surface area contributed by atoms with E-state index in [0.29, 0.717) is 6.04 Å². The zero-order valence-electron chi connectivity index (χ0n) is 6.63. The molecule has 0 N–H and O–H groups in total. The number of nitrogens with zero attached hydrogens (tertiary/aromatic N) is 1. The van der Waals surface area contributed by atoms with Crippen LogP contribution in [-0.2, 0) is 4.74 Å². The standard InChI is InChI=1S/C8H14ClNO/c9-3-7-4-10(5-7)8-1-2-11-6-8/h7-8H,1-6H2. The summed E-state index contributed by atoms with van der Waals surface area (Å²) in [5.74, 6) is 1.57. The van der Waals surface area contributed by atoms with Crippen molar-refractivity contribution in [3.8, 4) is 0 Å². The Hall–Kier alpha value is 0.210. The maximum absolute atomic E-state index is 5.72. The molecule has 2 heterocycles. The summed E-state index contributed by atoms with van der Waals surface area (Å²) in [6, 6.07) is 0.703. The Balaban J connectivity index is 1.73. The lowest BCUT2D eigenvalue weighted by Crippen LogP contribution is -2.52. The number of alkyl halides is 1. The van der Waals surface area contributed by atoms with Crippen LogP contribution in [-0.4, -0.2) is 43.1 Å². The second-order valence-electron chi connectivity index (χ2n) is 3.49. The number of hydrogen-bond donors (Lipinski definition) is 0. The van der Waals surface area contributed by atoms with Crippen LogP contribution in [0, 0.1) is 5.92 Å². The van der Waals surface area contributed by atoms with E-state index >= 15 is 0 Å². The Bertz CT molecular complexity index is 130. The lowest BCUT2D eigenvalue weighted by atomic mass is 9.99. The quantitative estimate of drug-likeness (QED) is 0.580. The molecule has 64 valence electrons. The van der Waals surface area contributed by atoms with Crippen LogP contribution in [0.2, 0.25) is 0 Å². The second kappa shape index (κ2) is 3.30. The van der Waals surface area contributed by atoms with E-state index in [1.54, 1.807) is 0 Å². The van der Waals surface area contributed by atoms with Crippen LogP contribution in [0.15, 0.2) is 0 Å². The predicted molar refractivity (Wildman–Crippen MR) is 45.0 cm³/mol. The Morgan fingerprint density at radius 1 is 1.45 bits per heavy atom. The molecule has 3 heteroatoms. The maximum atomic E-state index is 5.72. The summed E-state index contributed by atoms with van der Waals surface area (Å²) in [5, 5.41) is 0. The van der Waals surface area contributed by atoms with Gasteiger partial charge in [0.15, 0.2) is 0 Å². The van der Waals surface area contributed by atoms with Gasteiger partial charge < -0.3 is 4.74 Å². The largest absolute Gasteiger partial charge is 0.380 e. The lowest BCUT2D eigenvalue weighted by molar-refractivity contribution is 0.0551. The monoisotopic (exact) mass is 175 g/mol. The summed E-state index contributed by atoms with van der Waals surface area (Å²) < 4.78 is 5.31. The SMILES string of the molecule is ClCC1CN(C2CCOC2)C1. The highest BCUT2D eigenvalue weighted by molar-refractivity contribution is 6.18. The van der Waals surface area contributed by atoms with E-state index in [0.717, 1.165) is 25.0 Å². The van der Waals surface area contributed by atoms with E-state index in [-0.39, 0.29) is 0 Å². The summed E-state index contributed by atoms with van der Waals surface area (Å²) in [5.41, 5.74) is 0. The van der Waals surface area contributed by atoms with Crippen LogP contribution >= 0.6 is 11.6 Å². The van der Waals surface area contributed by atoms with Crippen molar-refractivity contribution in [1.29, 1.82) is 0 Å². The van der Waals surface area contributed by atoms with E-state index in [1.807, 2.05) is 0 Å². The van der Waals surface area contributed by atoms with Crippen LogP contribution in [0.25, 0.3) is 0 Å². The molecule has 1 atom stereocenters. The number of likely N-dealkylation sites (tertiary alicyclic amines) is 1. The van der Waals surface area contributed by atoms with Crippen LogP contribution < -0.4 is 0 Å². The van der Waals surface area contributed by atoms with Gasteiger partial charge in [0.25, 0.3) is 0 Å². The minimum atomic E-state index is 0.703. The Morgan fingerprint density at radius 2 is 2.27 bits per heavy atom. The highest BCUT2D eigenvalue weighted by Gasteiger charge is 2.33. The summed E-state index contributed by atoms with van der Waals surface area (Å²) in [6.07, 6.45) is 1.22. The van der Waals surface area contributed by atoms with Crippen molar-refractivity contribution in [1.82, 2.24) is 4.90 Å². The molecule has 0 bridgehead atoms. The molecule has 2 fully saturated rings. The van der Waals surface area contributed by atoms with Crippen molar-refractivity contribution in [2.75, 3.05) is 32.2 Å². The first-order valence-corrected chi connectivity index (χ1v) is 4.81. The van der Waals surface area contributed by atoms with Crippen molar-refractivity contribution >= 4 is 11.6 Å². The van der Waals surface area contributed by atoms with Gasteiger partial charge in [0.1, 0.15) is 0 Å². The highest BCUT2D eigenvalue weighted by atomic mass is 35.5. The summed E-state index contributed by atoms with van der Waals surface area (Å²) in [4.78, 5) is 2.49. The summed E-state index contributed by atoms with van der Waals surface area (Å²) >= 11 is 5.72. The van der Waals surface area contributed by atoms with Crippen LogP contribution in [0.4, 0.5) is 0 Å².